The van der Waals surface area contributed by atoms with E-state index >= 15 is 0 Å². The van der Waals surface area contributed by atoms with Crippen molar-refractivity contribution in [3.63, 3.8) is 0 Å². The number of hydrogen-bond donors (Lipinski definition) is 1. The summed E-state index contributed by atoms with van der Waals surface area (Å²) in [5.74, 6) is -0.790. The predicted octanol–water partition coefficient (Wildman–Crippen LogP) is 2.26. The molecular weight excluding hydrogens is 294 g/mol. The minimum absolute atomic E-state index is 0.127. The van der Waals surface area contributed by atoms with Crippen LogP contribution in [0.25, 0.3) is 0 Å². The standard InChI is InChI=1S/C18H19NO4/c1-12(2)23-17(21)18(22)10-11-19-14(8-9-15(18)19)16(20)13-6-4-3-5-7-13/h3-9,12,22H,10-11H2,1-2H3. The van der Waals surface area contributed by atoms with Crippen molar-refractivity contribution >= 4 is 11.8 Å². The smallest absolute Gasteiger partial charge is 0.344 e. The number of ketones is 1. The molecule has 1 aliphatic rings. The summed E-state index contributed by atoms with van der Waals surface area (Å²) in [6, 6.07) is 12.2. The first-order chi connectivity index (χ1) is 10.9. The Balaban J connectivity index is 1.94. The van der Waals surface area contributed by atoms with Crippen molar-refractivity contribution in [2.24, 2.45) is 0 Å². The summed E-state index contributed by atoms with van der Waals surface area (Å²) in [5.41, 5.74) is -0.213. The van der Waals surface area contributed by atoms with Crippen LogP contribution in [-0.2, 0) is 21.7 Å². The SMILES string of the molecule is CC(C)OC(=O)C1(O)CCn2c(C(=O)c3ccccc3)ccc21. The number of aliphatic hydroxyl groups is 1. The molecule has 0 saturated heterocycles. The summed E-state index contributed by atoms with van der Waals surface area (Å²) in [5, 5.41) is 10.7. The lowest BCUT2D eigenvalue weighted by atomic mass is 9.99. The van der Waals surface area contributed by atoms with Gasteiger partial charge in [-0.1, -0.05) is 30.3 Å². The Labute approximate surface area is 134 Å². The van der Waals surface area contributed by atoms with E-state index in [1.807, 2.05) is 6.07 Å². The zero-order valence-electron chi connectivity index (χ0n) is 13.2. The number of benzene rings is 1. The summed E-state index contributed by atoms with van der Waals surface area (Å²) in [4.78, 5) is 24.8. The molecular formula is C18H19NO4. The van der Waals surface area contributed by atoms with Gasteiger partial charge in [-0.3, -0.25) is 4.79 Å². The number of nitrogens with zero attached hydrogens (tertiary/aromatic N) is 1. The molecule has 0 amide bonds. The number of aromatic nitrogens is 1. The normalized spacial score (nSPS) is 19.7. The molecule has 5 heteroatoms. The third-order valence-corrected chi connectivity index (χ3v) is 4.05. The van der Waals surface area contributed by atoms with Crippen molar-refractivity contribution in [3.8, 4) is 0 Å². The second kappa shape index (κ2) is 5.66. The zero-order chi connectivity index (χ0) is 16.6. The summed E-state index contributed by atoms with van der Waals surface area (Å²) < 4.78 is 6.87. The van der Waals surface area contributed by atoms with E-state index in [2.05, 4.69) is 0 Å². The fourth-order valence-electron chi connectivity index (χ4n) is 2.93. The summed E-state index contributed by atoms with van der Waals surface area (Å²) in [7, 11) is 0. The highest BCUT2D eigenvalue weighted by Gasteiger charge is 2.47. The highest BCUT2D eigenvalue weighted by molar-refractivity contribution is 6.08. The average Bonchev–Trinajstić information content (AvgIpc) is 3.09. The van der Waals surface area contributed by atoms with Crippen molar-refractivity contribution < 1.29 is 19.4 Å². The molecule has 5 nitrogen and oxygen atoms in total. The maximum absolute atomic E-state index is 12.6. The van der Waals surface area contributed by atoms with Crippen molar-refractivity contribution in [1.82, 2.24) is 4.57 Å². The number of fused-ring (bicyclic) bond motifs is 1. The third kappa shape index (κ3) is 2.57. The first kappa shape index (κ1) is 15.5. The number of rotatable bonds is 4. The average molecular weight is 313 g/mol. The first-order valence-electron chi connectivity index (χ1n) is 7.66. The van der Waals surface area contributed by atoms with Gasteiger partial charge in [-0.2, -0.15) is 0 Å². The van der Waals surface area contributed by atoms with Gasteiger partial charge in [-0.15, -0.1) is 0 Å². The fraction of sp³-hybridized carbons (Fsp3) is 0.333. The van der Waals surface area contributed by atoms with Crippen LogP contribution in [0.3, 0.4) is 0 Å². The summed E-state index contributed by atoms with van der Waals surface area (Å²) in [6.07, 6.45) is -0.0926. The van der Waals surface area contributed by atoms with Crippen molar-refractivity contribution in [3.05, 3.63) is 59.4 Å². The van der Waals surface area contributed by atoms with Crippen LogP contribution in [0.5, 0.6) is 0 Å². The molecule has 1 aromatic heterocycles. The van der Waals surface area contributed by atoms with E-state index in [0.717, 1.165) is 0 Å². The van der Waals surface area contributed by atoms with E-state index in [9.17, 15) is 14.7 Å². The molecule has 1 unspecified atom stereocenters. The van der Waals surface area contributed by atoms with Gasteiger partial charge in [-0.25, -0.2) is 4.79 Å². The van der Waals surface area contributed by atoms with Crippen LogP contribution in [0, 0.1) is 0 Å². The van der Waals surface area contributed by atoms with Crippen LogP contribution in [0.4, 0.5) is 0 Å². The van der Waals surface area contributed by atoms with Gasteiger partial charge >= 0.3 is 5.97 Å². The Kier molecular flexibility index (Phi) is 3.82. The molecule has 1 N–H and O–H groups in total. The van der Waals surface area contributed by atoms with E-state index in [4.69, 9.17) is 4.74 Å². The molecule has 0 aliphatic carbocycles. The van der Waals surface area contributed by atoms with E-state index in [0.29, 0.717) is 23.5 Å². The minimum atomic E-state index is -1.68. The number of carbonyl (C=O) groups excluding carboxylic acids is 2. The van der Waals surface area contributed by atoms with Gasteiger partial charge in [0.1, 0.15) is 0 Å². The topological polar surface area (TPSA) is 68.5 Å². The van der Waals surface area contributed by atoms with Gasteiger partial charge in [-0.05, 0) is 26.0 Å². The summed E-state index contributed by atoms with van der Waals surface area (Å²) >= 11 is 0. The van der Waals surface area contributed by atoms with Crippen LogP contribution in [-0.4, -0.2) is 27.5 Å². The van der Waals surface area contributed by atoms with Gasteiger partial charge in [0.25, 0.3) is 0 Å². The van der Waals surface area contributed by atoms with E-state index in [-0.39, 0.29) is 18.3 Å². The molecule has 1 atom stereocenters. The minimum Gasteiger partial charge on any atom is -0.461 e. The zero-order valence-corrected chi connectivity index (χ0v) is 13.2. The van der Waals surface area contributed by atoms with E-state index in [1.165, 1.54) is 0 Å². The van der Waals surface area contributed by atoms with Crippen LogP contribution < -0.4 is 0 Å². The molecule has 0 spiro atoms. The van der Waals surface area contributed by atoms with Crippen LogP contribution >= 0.6 is 0 Å². The number of hydrogen-bond acceptors (Lipinski definition) is 4. The lowest BCUT2D eigenvalue weighted by Crippen LogP contribution is -2.36. The van der Waals surface area contributed by atoms with Crippen LogP contribution in [0.15, 0.2) is 42.5 Å². The van der Waals surface area contributed by atoms with Gasteiger partial charge in [0, 0.05) is 18.5 Å². The van der Waals surface area contributed by atoms with Gasteiger partial charge < -0.3 is 14.4 Å². The Morgan fingerprint density at radius 1 is 1.17 bits per heavy atom. The lowest BCUT2D eigenvalue weighted by molar-refractivity contribution is -0.170. The van der Waals surface area contributed by atoms with E-state index in [1.54, 1.807) is 54.8 Å². The first-order valence-corrected chi connectivity index (χ1v) is 7.66. The number of ether oxygens (including phenoxy) is 1. The molecule has 1 aliphatic heterocycles. The van der Waals surface area contributed by atoms with Crippen molar-refractivity contribution in [1.29, 1.82) is 0 Å². The highest BCUT2D eigenvalue weighted by atomic mass is 16.6. The molecule has 0 saturated carbocycles. The van der Waals surface area contributed by atoms with E-state index < -0.39 is 11.6 Å². The molecule has 23 heavy (non-hydrogen) atoms. The maximum Gasteiger partial charge on any atom is 0.344 e. The number of esters is 1. The van der Waals surface area contributed by atoms with Gasteiger partial charge in [0.15, 0.2) is 0 Å². The highest BCUT2D eigenvalue weighted by Crippen LogP contribution is 2.36. The molecule has 0 radical (unpaired) electrons. The monoisotopic (exact) mass is 313 g/mol. The molecule has 0 fully saturated rings. The Morgan fingerprint density at radius 3 is 2.52 bits per heavy atom. The molecule has 3 rings (SSSR count). The second-order valence-corrected chi connectivity index (χ2v) is 6.01. The maximum atomic E-state index is 12.6. The Hall–Kier alpha value is -2.40. The lowest BCUT2D eigenvalue weighted by Gasteiger charge is -2.21. The molecule has 2 aromatic rings. The van der Waals surface area contributed by atoms with Crippen LogP contribution in [0.1, 0.15) is 42.0 Å². The summed E-state index contributed by atoms with van der Waals surface area (Å²) in [6.45, 7) is 3.87. The molecule has 0 bridgehead atoms. The van der Waals surface area contributed by atoms with Gasteiger partial charge in [0.05, 0.1) is 17.5 Å². The van der Waals surface area contributed by atoms with Crippen molar-refractivity contribution in [2.75, 3.05) is 0 Å². The third-order valence-electron chi connectivity index (χ3n) is 4.05. The number of carbonyl (C=O) groups is 2. The molecule has 2 heterocycles. The second-order valence-electron chi connectivity index (χ2n) is 6.01. The molecule has 1 aromatic carbocycles. The largest absolute Gasteiger partial charge is 0.461 e. The Morgan fingerprint density at radius 2 is 1.87 bits per heavy atom. The Bertz CT molecular complexity index is 748. The predicted molar refractivity (Wildman–Crippen MR) is 84.0 cm³/mol. The van der Waals surface area contributed by atoms with Gasteiger partial charge in [0.2, 0.25) is 11.4 Å². The van der Waals surface area contributed by atoms with Crippen molar-refractivity contribution in [2.45, 2.75) is 38.5 Å². The molecule has 120 valence electrons. The quantitative estimate of drug-likeness (QED) is 0.694. The fourth-order valence-corrected chi connectivity index (χ4v) is 2.93. The van der Waals surface area contributed by atoms with Crippen LogP contribution in [0.2, 0.25) is 0 Å².